The van der Waals surface area contributed by atoms with E-state index >= 15 is 0 Å². The molecule has 0 unspecified atom stereocenters. The van der Waals surface area contributed by atoms with Gasteiger partial charge in [-0.1, -0.05) is 24.8 Å². The SMILES string of the molecule is C=C(C)C(=O)OCc1ccc2cc(O)ccc2c1. The Morgan fingerprint density at radius 2 is 1.89 bits per heavy atom. The van der Waals surface area contributed by atoms with E-state index in [0.29, 0.717) is 5.57 Å². The van der Waals surface area contributed by atoms with E-state index in [0.717, 1.165) is 16.3 Å². The lowest BCUT2D eigenvalue weighted by atomic mass is 10.1. The molecule has 2 aromatic rings. The molecule has 0 saturated carbocycles. The van der Waals surface area contributed by atoms with Crippen molar-refractivity contribution in [3.63, 3.8) is 0 Å². The maximum absolute atomic E-state index is 11.3. The molecule has 18 heavy (non-hydrogen) atoms. The van der Waals surface area contributed by atoms with Gasteiger partial charge >= 0.3 is 5.97 Å². The third-order valence-corrected chi connectivity index (χ3v) is 2.61. The quantitative estimate of drug-likeness (QED) is 0.664. The molecule has 3 heteroatoms. The minimum atomic E-state index is -0.388. The largest absolute Gasteiger partial charge is 0.508 e. The van der Waals surface area contributed by atoms with Crippen LogP contribution in [0.25, 0.3) is 10.8 Å². The van der Waals surface area contributed by atoms with E-state index in [1.807, 2.05) is 24.3 Å². The van der Waals surface area contributed by atoms with Gasteiger partial charge in [-0.15, -0.1) is 0 Å². The van der Waals surface area contributed by atoms with Crippen molar-refractivity contribution in [1.82, 2.24) is 0 Å². The number of phenols is 1. The molecule has 0 aliphatic heterocycles. The van der Waals surface area contributed by atoms with Gasteiger partial charge in [0.15, 0.2) is 0 Å². The highest BCUT2D eigenvalue weighted by atomic mass is 16.5. The third-order valence-electron chi connectivity index (χ3n) is 2.61. The first kappa shape index (κ1) is 12.2. The first-order valence-electron chi connectivity index (χ1n) is 5.60. The lowest BCUT2D eigenvalue weighted by molar-refractivity contribution is -0.140. The molecule has 0 fully saturated rings. The molecule has 0 aliphatic carbocycles. The molecule has 0 radical (unpaired) electrons. The Morgan fingerprint density at radius 3 is 2.61 bits per heavy atom. The highest BCUT2D eigenvalue weighted by Gasteiger charge is 2.04. The number of carbonyl (C=O) groups excluding carboxylic acids is 1. The van der Waals surface area contributed by atoms with E-state index in [-0.39, 0.29) is 18.3 Å². The third kappa shape index (κ3) is 2.69. The lowest BCUT2D eigenvalue weighted by Gasteiger charge is -2.06. The number of hydrogen-bond acceptors (Lipinski definition) is 3. The molecule has 92 valence electrons. The number of hydrogen-bond donors (Lipinski definition) is 1. The van der Waals surface area contributed by atoms with Gasteiger partial charge in [0.2, 0.25) is 0 Å². The summed E-state index contributed by atoms with van der Waals surface area (Å²) in [5, 5.41) is 11.3. The smallest absolute Gasteiger partial charge is 0.333 e. The molecule has 0 aromatic heterocycles. The van der Waals surface area contributed by atoms with E-state index < -0.39 is 0 Å². The lowest BCUT2D eigenvalue weighted by Crippen LogP contribution is -2.04. The second kappa shape index (κ2) is 4.92. The fourth-order valence-electron chi connectivity index (χ4n) is 1.64. The molecule has 1 N–H and O–H groups in total. The van der Waals surface area contributed by atoms with E-state index in [4.69, 9.17) is 4.74 Å². The van der Waals surface area contributed by atoms with Crippen LogP contribution >= 0.6 is 0 Å². The van der Waals surface area contributed by atoms with Crippen molar-refractivity contribution in [2.24, 2.45) is 0 Å². The normalized spacial score (nSPS) is 10.3. The Balaban J connectivity index is 2.18. The maximum atomic E-state index is 11.3. The predicted molar refractivity (Wildman–Crippen MR) is 70.2 cm³/mol. The molecule has 0 aliphatic rings. The van der Waals surface area contributed by atoms with E-state index in [2.05, 4.69) is 6.58 Å². The molecule has 0 atom stereocenters. The molecule has 0 saturated heterocycles. The van der Waals surface area contributed by atoms with Crippen molar-refractivity contribution in [3.8, 4) is 5.75 Å². The summed E-state index contributed by atoms with van der Waals surface area (Å²) in [4.78, 5) is 11.3. The summed E-state index contributed by atoms with van der Waals surface area (Å²) in [7, 11) is 0. The number of benzene rings is 2. The average Bonchev–Trinajstić information content (AvgIpc) is 2.35. The van der Waals surface area contributed by atoms with Crippen LogP contribution in [0.5, 0.6) is 5.75 Å². The number of phenolic OH excluding ortho intramolecular Hbond substituents is 1. The summed E-state index contributed by atoms with van der Waals surface area (Å²) in [5.74, 6) is -0.148. The zero-order valence-corrected chi connectivity index (χ0v) is 10.1. The zero-order chi connectivity index (χ0) is 13.1. The van der Waals surface area contributed by atoms with Crippen LogP contribution in [-0.4, -0.2) is 11.1 Å². The van der Waals surface area contributed by atoms with Gasteiger partial charge in [-0.25, -0.2) is 4.79 Å². The van der Waals surface area contributed by atoms with Crippen LogP contribution in [0.2, 0.25) is 0 Å². The van der Waals surface area contributed by atoms with Gasteiger partial charge in [0, 0.05) is 5.57 Å². The number of esters is 1. The van der Waals surface area contributed by atoms with Crippen molar-refractivity contribution < 1.29 is 14.6 Å². The number of fused-ring (bicyclic) bond motifs is 1. The zero-order valence-electron chi connectivity index (χ0n) is 10.1. The predicted octanol–water partition coefficient (Wildman–Crippen LogP) is 3.16. The minimum Gasteiger partial charge on any atom is -0.508 e. The van der Waals surface area contributed by atoms with Crippen molar-refractivity contribution >= 4 is 16.7 Å². The first-order valence-corrected chi connectivity index (χ1v) is 5.60. The molecule has 2 rings (SSSR count). The molecule has 0 spiro atoms. The number of carbonyl (C=O) groups is 1. The van der Waals surface area contributed by atoms with Gasteiger partial charge < -0.3 is 9.84 Å². The van der Waals surface area contributed by atoms with E-state index in [1.54, 1.807) is 19.1 Å². The molecule has 0 amide bonds. The van der Waals surface area contributed by atoms with Gasteiger partial charge in [0.1, 0.15) is 12.4 Å². The van der Waals surface area contributed by atoms with Crippen LogP contribution in [0.4, 0.5) is 0 Å². The number of aromatic hydroxyl groups is 1. The van der Waals surface area contributed by atoms with E-state index in [1.165, 1.54) is 0 Å². The van der Waals surface area contributed by atoms with Crippen LogP contribution in [-0.2, 0) is 16.1 Å². The van der Waals surface area contributed by atoms with Gasteiger partial charge in [-0.3, -0.25) is 0 Å². The minimum absolute atomic E-state index is 0.225. The standard InChI is InChI=1S/C15H14O3/c1-10(2)15(17)18-9-11-3-4-13-8-14(16)6-5-12(13)7-11/h3-8,16H,1,9H2,2H3. The maximum Gasteiger partial charge on any atom is 0.333 e. The summed E-state index contributed by atoms with van der Waals surface area (Å²) in [6.45, 7) is 5.37. The average molecular weight is 242 g/mol. The van der Waals surface area contributed by atoms with E-state index in [9.17, 15) is 9.90 Å². The Labute approximate surface area is 105 Å². The molecule has 0 bridgehead atoms. The Morgan fingerprint density at radius 1 is 1.22 bits per heavy atom. The molecule has 2 aromatic carbocycles. The molecular formula is C15H14O3. The highest BCUT2D eigenvalue weighted by molar-refractivity contribution is 5.87. The summed E-state index contributed by atoms with van der Waals surface area (Å²) >= 11 is 0. The molecule has 3 nitrogen and oxygen atoms in total. The fraction of sp³-hybridized carbons (Fsp3) is 0.133. The van der Waals surface area contributed by atoms with Crippen molar-refractivity contribution in [3.05, 3.63) is 54.1 Å². The van der Waals surface area contributed by atoms with Crippen molar-refractivity contribution in [2.45, 2.75) is 13.5 Å². The van der Waals surface area contributed by atoms with Gasteiger partial charge in [0.05, 0.1) is 0 Å². The fourth-order valence-corrected chi connectivity index (χ4v) is 1.64. The summed E-state index contributed by atoms with van der Waals surface area (Å²) in [5.41, 5.74) is 1.29. The topological polar surface area (TPSA) is 46.5 Å². The Kier molecular flexibility index (Phi) is 3.33. The van der Waals surface area contributed by atoms with Crippen LogP contribution < -0.4 is 0 Å². The summed E-state index contributed by atoms with van der Waals surface area (Å²) < 4.78 is 5.07. The molecular weight excluding hydrogens is 228 g/mol. The Bertz CT molecular complexity index is 614. The van der Waals surface area contributed by atoms with Gasteiger partial charge in [-0.05, 0) is 41.5 Å². The second-order valence-corrected chi connectivity index (χ2v) is 4.22. The van der Waals surface area contributed by atoms with Crippen molar-refractivity contribution in [1.29, 1.82) is 0 Å². The van der Waals surface area contributed by atoms with Crippen LogP contribution in [0.15, 0.2) is 48.6 Å². The second-order valence-electron chi connectivity index (χ2n) is 4.22. The van der Waals surface area contributed by atoms with Crippen LogP contribution in [0.3, 0.4) is 0 Å². The number of rotatable bonds is 3. The van der Waals surface area contributed by atoms with Gasteiger partial charge in [-0.2, -0.15) is 0 Å². The first-order chi connectivity index (χ1) is 8.56. The van der Waals surface area contributed by atoms with Crippen molar-refractivity contribution in [2.75, 3.05) is 0 Å². The monoisotopic (exact) mass is 242 g/mol. The molecule has 0 heterocycles. The Hall–Kier alpha value is -2.29. The number of ether oxygens (including phenoxy) is 1. The summed E-state index contributed by atoms with van der Waals surface area (Å²) in [6.07, 6.45) is 0. The summed E-state index contributed by atoms with van der Waals surface area (Å²) in [6, 6.07) is 10.8. The van der Waals surface area contributed by atoms with Crippen LogP contribution in [0, 0.1) is 0 Å². The van der Waals surface area contributed by atoms with Crippen LogP contribution in [0.1, 0.15) is 12.5 Å². The van der Waals surface area contributed by atoms with Gasteiger partial charge in [0.25, 0.3) is 0 Å². The highest BCUT2D eigenvalue weighted by Crippen LogP contribution is 2.21.